The van der Waals surface area contributed by atoms with E-state index in [9.17, 15) is 4.79 Å². The Morgan fingerprint density at radius 1 is 1.40 bits per heavy atom. The molecule has 1 heterocycles. The number of ketones is 1. The largest absolute Gasteiger partial charge is 0.299 e. The van der Waals surface area contributed by atoms with Crippen LogP contribution in [-0.4, -0.2) is 23.1 Å². The summed E-state index contributed by atoms with van der Waals surface area (Å²) >= 11 is 0. The first-order valence-corrected chi connectivity index (χ1v) is 5.39. The van der Waals surface area contributed by atoms with Crippen molar-refractivity contribution in [3.63, 3.8) is 0 Å². The van der Waals surface area contributed by atoms with Gasteiger partial charge in [0.25, 0.3) is 0 Å². The highest BCUT2D eigenvalue weighted by molar-refractivity contribution is 5.92. The molecule has 0 N–H and O–H groups in total. The fourth-order valence-electron chi connectivity index (χ4n) is 1.97. The van der Waals surface area contributed by atoms with E-state index in [1.165, 1.54) is 5.56 Å². The molecule has 1 aliphatic heterocycles. The number of Topliss-reactive ketones (excluding diaryl/α,β-unsaturated/α-hetero) is 1. The Morgan fingerprint density at radius 3 is 2.73 bits per heavy atom. The number of benzene rings is 1. The SMILES string of the molecule is CC(=O)C1C=[N+](Cc2ccccc2)CC1. The van der Waals surface area contributed by atoms with Gasteiger partial charge in [-0.15, -0.1) is 0 Å². The van der Waals surface area contributed by atoms with Crippen LogP contribution in [0.25, 0.3) is 0 Å². The van der Waals surface area contributed by atoms with E-state index in [1.807, 2.05) is 18.2 Å². The van der Waals surface area contributed by atoms with Gasteiger partial charge in [-0.2, -0.15) is 0 Å². The molecule has 1 aromatic carbocycles. The monoisotopic (exact) mass is 202 g/mol. The molecular formula is C13H16NO+. The lowest BCUT2D eigenvalue weighted by Crippen LogP contribution is -2.10. The van der Waals surface area contributed by atoms with Crippen molar-refractivity contribution < 1.29 is 9.37 Å². The Morgan fingerprint density at radius 2 is 2.13 bits per heavy atom. The lowest BCUT2D eigenvalue weighted by Gasteiger charge is -1.97. The van der Waals surface area contributed by atoms with Crippen LogP contribution in [0.3, 0.4) is 0 Å². The van der Waals surface area contributed by atoms with E-state index in [-0.39, 0.29) is 11.7 Å². The minimum absolute atomic E-state index is 0.147. The fraction of sp³-hybridized carbons (Fsp3) is 0.385. The van der Waals surface area contributed by atoms with Gasteiger partial charge >= 0.3 is 0 Å². The van der Waals surface area contributed by atoms with Crippen LogP contribution in [0.2, 0.25) is 0 Å². The molecule has 1 aliphatic rings. The van der Waals surface area contributed by atoms with Gasteiger partial charge in [0.15, 0.2) is 12.8 Å². The maximum atomic E-state index is 11.2. The van der Waals surface area contributed by atoms with Crippen molar-refractivity contribution in [1.29, 1.82) is 0 Å². The number of carbonyl (C=O) groups excluding carboxylic acids is 1. The van der Waals surface area contributed by atoms with Crippen LogP contribution in [0.5, 0.6) is 0 Å². The molecule has 0 radical (unpaired) electrons. The Bertz CT molecular complexity index is 381. The van der Waals surface area contributed by atoms with Crippen LogP contribution in [-0.2, 0) is 11.3 Å². The van der Waals surface area contributed by atoms with Gasteiger partial charge in [0.2, 0.25) is 0 Å². The van der Waals surface area contributed by atoms with Gasteiger partial charge in [-0.1, -0.05) is 30.3 Å². The zero-order valence-corrected chi connectivity index (χ0v) is 9.02. The molecule has 0 fully saturated rings. The van der Waals surface area contributed by atoms with Crippen molar-refractivity contribution in [2.24, 2.45) is 5.92 Å². The van der Waals surface area contributed by atoms with Crippen LogP contribution in [0.15, 0.2) is 30.3 Å². The third-order valence-electron chi connectivity index (χ3n) is 2.87. The predicted molar refractivity (Wildman–Crippen MR) is 60.1 cm³/mol. The fourth-order valence-corrected chi connectivity index (χ4v) is 1.97. The summed E-state index contributed by atoms with van der Waals surface area (Å²) in [5.41, 5.74) is 1.30. The first-order chi connectivity index (χ1) is 7.25. The van der Waals surface area contributed by atoms with Crippen molar-refractivity contribution in [1.82, 2.24) is 0 Å². The van der Waals surface area contributed by atoms with Crippen molar-refractivity contribution in [3.8, 4) is 0 Å². The maximum absolute atomic E-state index is 11.2. The first-order valence-electron chi connectivity index (χ1n) is 5.39. The average Bonchev–Trinajstić information content (AvgIpc) is 2.68. The average molecular weight is 202 g/mol. The normalized spacial score (nSPS) is 20.1. The van der Waals surface area contributed by atoms with Crippen molar-refractivity contribution >= 4 is 12.0 Å². The van der Waals surface area contributed by atoms with Gasteiger partial charge in [0.05, 0.1) is 0 Å². The zero-order valence-electron chi connectivity index (χ0n) is 9.02. The van der Waals surface area contributed by atoms with Crippen molar-refractivity contribution in [2.75, 3.05) is 6.54 Å². The number of hydrogen-bond acceptors (Lipinski definition) is 1. The molecule has 0 saturated carbocycles. The van der Waals surface area contributed by atoms with E-state index in [4.69, 9.17) is 0 Å². The second-order valence-corrected chi connectivity index (χ2v) is 4.11. The molecule has 1 unspecified atom stereocenters. The van der Waals surface area contributed by atoms with Gasteiger partial charge in [-0.3, -0.25) is 4.79 Å². The molecule has 0 bridgehead atoms. The first kappa shape index (κ1) is 10.1. The summed E-state index contributed by atoms with van der Waals surface area (Å²) in [5, 5.41) is 0. The van der Waals surface area contributed by atoms with Crippen LogP contribution in [0, 0.1) is 5.92 Å². The highest BCUT2D eigenvalue weighted by atomic mass is 16.1. The zero-order chi connectivity index (χ0) is 10.7. The molecule has 1 aromatic rings. The third-order valence-corrected chi connectivity index (χ3v) is 2.87. The van der Waals surface area contributed by atoms with Crippen LogP contribution >= 0.6 is 0 Å². The number of rotatable bonds is 3. The minimum atomic E-state index is 0.147. The van der Waals surface area contributed by atoms with E-state index in [0.29, 0.717) is 0 Å². The number of carbonyl (C=O) groups is 1. The van der Waals surface area contributed by atoms with Crippen LogP contribution < -0.4 is 0 Å². The Balaban J connectivity index is 2.03. The maximum Gasteiger partial charge on any atom is 0.167 e. The Labute approximate surface area is 90.2 Å². The molecule has 0 amide bonds. The third kappa shape index (κ3) is 2.52. The van der Waals surface area contributed by atoms with E-state index in [2.05, 4.69) is 22.9 Å². The molecule has 2 heteroatoms. The van der Waals surface area contributed by atoms with Crippen LogP contribution in [0.4, 0.5) is 0 Å². The molecule has 0 aromatic heterocycles. The summed E-state index contributed by atoms with van der Waals surface area (Å²) in [7, 11) is 0. The van der Waals surface area contributed by atoms with Gasteiger partial charge < -0.3 is 0 Å². The lowest BCUT2D eigenvalue weighted by molar-refractivity contribution is -0.532. The van der Waals surface area contributed by atoms with E-state index in [0.717, 1.165) is 19.5 Å². The summed E-state index contributed by atoms with van der Waals surface area (Å²) in [4.78, 5) is 11.2. The summed E-state index contributed by atoms with van der Waals surface area (Å²) in [6.45, 7) is 3.59. The highest BCUT2D eigenvalue weighted by Gasteiger charge is 2.25. The quantitative estimate of drug-likeness (QED) is 0.685. The smallest absolute Gasteiger partial charge is 0.167 e. The topological polar surface area (TPSA) is 20.1 Å². The standard InChI is InChI=1S/C13H16NO/c1-11(15)13-7-8-14(10-13)9-12-5-3-2-4-6-12/h2-6,10,13H,7-9H2,1H3/q+1. The van der Waals surface area contributed by atoms with Gasteiger partial charge in [0, 0.05) is 12.0 Å². The number of hydrogen-bond donors (Lipinski definition) is 0. The minimum Gasteiger partial charge on any atom is -0.299 e. The highest BCUT2D eigenvalue weighted by Crippen LogP contribution is 2.11. The lowest BCUT2D eigenvalue weighted by atomic mass is 10.1. The molecular weight excluding hydrogens is 186 g/mol. The number of nitrogens with zero attached hydrogens (tertiary/aromatic N) is 1. The summed E-state index contributed by atoms with van der Waals surface area (Å²) < 4.78 is 2.24. The van der Waals surface area contributed by atoms with Gasteiger partial charge in [-0.05, 0) is 6.92 Å². The molecule has 0 saturated heterocycles. The molecule has 2 rings (SSSR count). The summed E-state index contributed by atoms with van der Waals surface area (Å²) in [5.74, 6) is 0.430. The molecule has 2 nitrogen and oxygen atoms in total. The second kappa shape index (κ2) is 4.39. The van der Waals surface area contributed by atoms with Gasteiger partial charge in [-0.25, -0.2) is 4.58 Å². The summed E-state index contributed by atoms with van der Waals surface area (Å²) in [6, 6.07) is 10.4. The molecule has 15 heavy (non-hydrogen) atoms. The Hall–Kier alpha value is -1.44. The molecule has 0 aliphatic carbocycles. The van der Waals surface area contributed by atoms with Gasteiger partial charge in [0.1, 0.15) is 18.2 Å². The van der Waals surface area contributed by atoms with E-state index < -0.39 is 0 Å². The second-order valence-electron chi connectivity index (χ2n) is 4.11. The van der Waals surface area contributed by atoms with Crippen molar-refractivity contribution in [3.05, 3.63) is 35.9 Å². The molecule has 78 valence electrons. The van der Waals surface area contributed by atoms with Crippen molar-refractivity contribution in [2.45, 2.75) is 19.9 Å². The van der Waals surface area contributed by atoms with E-state index >= 15 is 0 Å². The van der Waals surface area contributed by atoms with E-state index in [1.54, 1.807) is 6.92 Å². The molecule has 0 spiro atoms. The predicted octanol–water partition coefficient (Wildman–Crippen LogP) is 1.88. The molecule has 1 atom stereocenters. The Kier molecular flexibility index (Phi) is 2.95. The summed E-state index contributed by atoms with van der Waals surface area (Å²) in [6.07, 6.45) is 3.05. The van der Waals surface area contributed by atoms with Crippen LogP contribution in [0.1, 0.15) is 18.9 Å².